The van der Waals surface area contributed by atoms with Crippen molar-refractivity contribution in [1.29, 1.82) is 0 Å². The average Bonchev–Trinajstić information content (AvgIpc) is 2.30. The fourth-order valence-electron chi connectivity index (χ4n) is 0.644. The molecule has 3 nitrogen and oxygen atoms in total. The van der Waals surface area contributed by atoms with Crippen LogP contribution in [0.25, 0.3) is 0 Å². The lowest BCUT2D eigenvalue weighted by molar-refractivity contribution is -0.134. The zero-order chi connectivity index (χ0) is 9.19. The molecule has 0 atom stereocenters. The average molecular weight is 200 g/mol. The minimum atomic E-state index is -4.17. The van der Waals surface area contributed by atoms with Crippen molar-refractivity contribution >= 4 is 11.6 Å². The van der Waals surface area contributed by atoms with E-state index >= 15 is 0 Å². The first-order valence-corrected chi connectivity index (χ1v) is 3.49. The van der Waals surface area contributed by atoms with E-state index in [0.29, 0.717) is 0 Å². The Kier molecular flexibility index (Phi) is 2.56. The zero-order valence-corrected chi connectivity index (χ0v) is 6.58. The predicted molar refractivity (Wildman–Crippen MR) is 35.8 cm³/mol. The van der Waals surface area contributed by atoms with E-state index in [1.807, 2.05) is 0 Å². The number of hydrogen-bond donors (Lipinski definition) is 1. The van der Waals surface area contributed by atoms with E-state index in [2.05, 4.69) is 15.2 Å². The van der Waals surface area contributed by atoms with Crippen LogP contribution in [-0.4, -0.2) is 21.4 Å². The highest BCUT2D eigenvalue weighted by Gasteiger charge is 2.27. The maximum Gasteiger partial charge on any atom is 0.389 e. The highest BCUT2D eigenvalue weighted by molar-refractivity contribution is 6.28. The number of aromatic nitrogens is 3. The van der Waals surface area contributed by atoms with E-state index in [1.54, 1.807) is 0 Å². The van der Waals surface area contributed by atoms with Gasteiger partial charge in [-0.05, 0) is 11.6 Å². The third-order valence-corrected chi connectivity index (χ3v) is 1.32. The van der Waals surface area contributed by atoms with Crippen LogP contribution in [0.5, 0.6) is 0 Å². The number of H-pyrrole nitrogens is 1. The van der Waals surface area contributed by atoms with Crippen molar-refractivity contribution < 1.29 is 13.2 Å². The van der Waals surface area contributed by atoms with Crippen LogP contribution in [-0.2, 0) is 6.42 Å². The van der Waals surface area contributed by atoms with Gasteiger partial charge in [-0.1, -0.05) is 0 Å². The van der Waals surface area contributed by atoms with Gasteiger partial charge in [0.1, 0.15) is 5.82 Å². The zero-order valence-electron chi connectivity index (χ0n) is 5.82. The molecule has 0 aliphatic rings. The van der Waals surface area contributed by atoms with Crippen LogP contribution in [0.2, 0.25) is 5.28 Å². The van der Waals surface area contributed by atoms with Gasteiger partial charge >= 0.3 is 6.18 Å². The van der Waals surface area contributed by atoms with E-state index in [1.165, 1.54) is 0 Å². The van der Waals surface area contributed by atoms with E-state index in [0.717, 1.165) is 0 Å². The number of halogens is 4. The molecule has 68 valence electrons. The number of nitrogens with one attached hydrogen (secondary N) is 1. The van der Waals surface area contributed by atoms with Crippen LogP contribution in [0.1, 0.15) is 12.2 Å². The molecule has 0 unspecified atom stereocenters. The summed E-state index contributed by atoms with van der Waals surface area (Å²) in [4.78, 5) is 3.51. The van der Waals surface area contributed by atoms with Crippen molar-refractivity contribution in [3.05, 3.63) is 11.1 Å². The molecule has 1 heterocycles. The third-order valence-electron chi connectivity index (χ3n) is 1.15. The lowest BCUT2D eigenvalue weighted by Crippen LogP contribution is -2.09. The molecule has 1 N–H and O–H groups in total. The quantitative estimate of drug-likeness (QED) is 0.791. The fraction of sp³-hybridized carbons (Fsp3) is 0.600. The maximum atomic E-state index is 11.7. The number of alkyl halides is 3. The SMILES string of the molecule is FC(F)(F)CCc1nc(Cl)n[nH]1. The Labute approximate surface area is 70.9 Å². The lowest BCUT2D eigenvalue weighted by atomic mass is 10.3. The highest BCUT2D eigenvalue weighted by Crippen LogP contribution is 2.21. The second-order valence-electron chi connectivity index (χ2n) is 2.17. The topological polar surface area (TPSA) is 41.6 Å². The van der Waals surface area contributed by atoms with Crippen molar-refractivity contribution in [3.63, 3.8) is 0 Å². The summed E-state index contributed by atoms with van der Waals surface area (Å²) >= 11 is 5.28. The van der Waals surface area contributed by atoms with Gasteiger partial charge in [0.15, 0.2) is 0 Å². The first-order valence-electron chi connectivity index (χ1n) is 3.11. The molecule has 0 spiro atoms. The smallest absolute Gasteiger partial charge is 0.262 e. The molecule has 0 radical (unpaired) electrons. The monoisotopic (exact) mass is 199 g/mol. The summed E-state index contributed by atoms with van der Waals surface area (Å²) in [6.07, 6.45) is -5.30. The summed E-state index contributed by atoms with van der Waals surface area (Å²) in [5.74, 6) is 0.150. The highest BCUT2D eigenvalue weighted by atomic mass is 35.5. The van der Waals surface area contributed by atoms with Gasteiger partial charge in [0.25, 0.3) is 0 Å². The van der Waals surface area contributed by atoms with Gasteiger partial charge in [-0.25, -0.2) is 4.98 Å². The van der Waals surface area contributed by atoms with Crippen molar-refractivity contribution in [3.8, 4) is 0 Å². The van der Waals surface area contributed by atoms with Gasteiger partial charge < -0.3 is 0 Å². The summed E-state index contributed by atoms with van der Waals surface area (Å²) in [5, 5.41) is 5.60. The molecule has 0 aliphatic heterocycles. The first-order chi connectivity index (χ1) is 5.47. The Hall–Kier alpha value is -0.780. The van der Waals surface area contributed by atoms with Crippen molar-refractivity contribution in [2.75, 3.05) is 0 Å². The number of aryl methyl sites for hydroxylation is 1. The van der Waals surface area contributed by atoms with Crippen LogP contribution in [0.3, 0.4) is 0 Å². The summed E-state index contributed by atoms with van der Waals surface area (Å²) in [5.41, 5.74) is 0. The van der Waals surface area contributed by atoms with E-state index in [9.17, 15) is 13.2 Å². The van der Waals surface area contributed by atoms with E-state index in [-0.39, 0.29) is 17.5 Å². The lowest BCUT2D eigenvalue weighted by Gasteiger charge is -2.02. The van der Waals surface area contributed by atoms with Crippen molar-refractivity contribution in [2.45, 2.75) is 19.0 Å². The maximum absolute atomic E-state index is 11.7. The second-order valence-corrected chi connectivity index (χ2v) is 2.50. The van der Waals surface area contributed by atoms with Crippen molar-refractivity contribution in [2.24, 2.45) is 0 Å². The Balaban J connectivity index is 2.44. The number of hydrogen-bond acceptors (Lipinski definition) is 2. The molecule has 12 heavy (non-hydrogen) atoms. The molecule has 0 aromatic carbocycles. The summed E-state index contributed by atoms with van der Waals surface area (Å²) in [6.45, 7) is 0. The van der Waals surface area contributed by atoms with Crippen molar-refractivity contribution in [1.82, 2.24) is 15.2 Å². The van der Waals surface area contributed by atoms with E-state index in [4.69, 9.17) is 11.6 Å². The number of nitrogens with zero attached hydrogens (tertiary/aromatic N) is 2. The van der Waals surface area contributed by atoms with Crippen LogP contribution >= 0.6 is 11.6 Å². The standard InChI is InChI=1S/C5H5ClF3N3/c6-4-10-3(11-12-4)1-2-5(7,8)9/h1-2H2,(H,10,11,12). The Morgan fingerprint density at radius 2 is 2.08 bits per heavy atom. The van der Waals surface area contributed by atoms with Crippen LogP contribution in [0.4, 0.5) is 13.2 Å². The number of rotatable bonds is 2. The largest absolute Gasteiger partial charge is 0.389 e. The molecule has 0 bridgehead atoms. The molecule has 1 rings (SSSR count). The summed E-state index contributed by atoms with van der Waals surface area (Å²) in [7, 11) is 0. The van der Waals surface area contributed by atoms with Gasteiger partial charge in [-0.15, -0.1) is 5.10 Å². The van der Waals surface area contributed by atoms with Crippen LogP contribution < -0.4 is 0 Å². The number of aromatic amines is 1. The van der Waals surface area contributed by atoms with Gasteiger partial charge in [0.2, 0.25) is 5.28 Å². The van der Waals surface area contributed by atoms with Crippen LogP contribution in [0.15, 0.2) is 0 Å². The Morgan fingerprint density at radius 1 is 1.42 bits per heavy atom. The normalized spacial score (nSPS) is 12.0. The molecule has 1 aromatic heterocycles. The van der Waals surface area contributed by atoms with Crippen LogP contribution in [0, 0.1) is 0 Å². The molecular formula is C5H5ClF3N3. The first kappa shape index (κ1) is 9.31. The summed E-state index contributed by atoms with van der Waals surface area (Å²) in [6, 6.07) is 0. The molecule has 0 aliphatic carbocycles. The third kappa shape index (κ3) is 3.08. The molecule has 0 saturated carbocycles. The fourth-order valence-corrected chi connectivity index (χ4v) is 0.788. The summed E-state index contributed by atoms with van der Waals surface area (Å²) < 4.78 is 35.0. The molecular weight excluding hydrogens is 195 g/mol. The molecule has 0 saturated heterocycles. The molecule has 0 fully saturated rings. The van der Waals surface area contributed by atoms with Gasteiger partial charge in [-0.3, -0.25) is 5.10 Å². The Morgan fingerprint density at radius 3 is 2.50 bits per heavy atom. The second kappa shape index (κ2) is 3.30. The van der Waals surface area contributed by atoms with Gasteiger partial charge in [-0.2, -0.15) is 13.2 Å². The minimum Gasteiger partial charge on any atom is -0.262 e. The molecule has 1 aromatic rings. The van der Waals surface area contributed by atoms with E-state index < -0.39 is 12.6 Å². The minimum absolute atomic E-state index is 0.0628. The Bertz CT molecular complexity index is 257. The predicted octanol–water partition coefficient (Wildman–Crippen LogP) is 1.95. The molecule has 7 heteroatoms. The van der Waals surface area contributed by atoms with Gasteiger partial charge in [0.05, 0.1) is 6.42 Å². The van der Waals surface area contributed by atoms with Gasteiger partial charge in [0, 0.05) is 6.42 Å². The molecule has 0 amide bonds.